The molecule has 7 nitrogen and oxygen atoms in total. The second-order valence-corrected chi connectivity index (χ2v) is 9.32. The number of aryl methyl sites for hydroxylation is 1. The average Bonchev–Trinajstić information content (AvgIpc) is 3.37. The van der Waals surface area contributed by atoms with E-state index in [0.717, 1.165) is 47.6 Å². The van der Waals surface area contributed by atoms with Gasteiger partial charge in [0.15, 0.2) is 0 Å². The van der Waals surface area contributed by atoms with Crippen LogP contribution in [-0.2, 0) is 11.2 Å². The smallest absolute Gasteiger partial charge is 0.322 e. The van der Waals surface area contributed by atoms with Crippen LogP contribution >= 0.6 is 0 Å². The maximum Gasteiger partial charge on any atom is 0.322 e. The highest BCUT2D eigenvalue weighted by atomic mass is 16.3. The molecule has 3 amide bonds. The molecule has 0 radical (unpaired) electrons. The summed E-state index contributed by atoms with van der Waals surface area (Å²) in [5.41, 5.74) is 4.55. The zero-order chi connectivity index (χ0) is 24.6. The minimum absolute atomic E-state index is 0.0176. The molecule has 4 aromatic rings. The highest BCUT2D eigenvalue weighted by Gasteiger charge is 2.40. The molecule has 36 heavy (non-hydrogen) atoms. The number of hydrogen-bond acceptors (Lipinski definition) is 3. The van der Waals surface area contributed by atoms with Gasteiger partial charge >= 0.3 is 6.03 Å². The number of fused-ring (bicyclic) bond motifs is 3. The number of carbonyl (C=O) groups excluding carboxylic acids is 2. The zero-order valence-electron chi connectivity index (χ0n) is 20.1. The molecule has 2 aromatic carbocycles. The molecule has 1 aliphatic carbocycles. The van der Waals surface area contributed by atoms with Gasteiger partial charge in [0.05, 0.1) is 23.3 Å². The van der Waals surface area contributed by atoms with Crippen LogP contribution in [0.5, 0.6) is 0 Å². The van der Waals surface area contributed by atoms with Crippen LogP contribution in [0.15, 0.2) is 89.7 Å². The lowest BCUT2D eigenvalue weighted by molar-refractivity contribution is -0.119. The van der Waals surface area contributed by atoms with Crippen molar-refractivity contribution in [2.75, 3.05) is 16.8 Å². The van der Waals surface area contributed by atoms with Gasteiger partial charge in [0, 0.05) is 17.9 Å². The molecule has 0 bridgehead atoms. The summed E-state index contributed by atoms with van der Waals surface area (Å²) in [5, 5.41) is 3.01. The molecule has 7 heteroatoms. The second-order valence-electron chi connectivity index (χ2n) is 9.32. The van der Waals surface area contributed by atoms with Crippen molar-refractivity contribution in [2.45, 2.75) is 38.3 Å². The van der Waals surface area contributed by atoms with Gasteiger partial charge in [0.2, 0.25) is 5.91 Å². The first-order chi connectivity index (χ1) is 17.6. The van der Waals surface area contributed by atoms with Crippen molar-refractivity contribution in [3.63, 3.8) is 0 Å². The van der Waals surface area contributed by atoms with E-state index in [9.17, 15) is 9.59 Å². The molecule has 1 N–H and O–H groups in total. The number of carbonyl (C=O) groups is 2. The van der Waals surface area contributed by atoms with Crippen molar-refractivity contribution in [3.05, 3.63) is 102 Å². The van der Waals surface area contributed by atoms with E-state index >= 15 is 0 Å². The van der Waals surface area contributed by atoms with E-state index in [1.54, 1.807) is 16.1 Å². The number of urea groups is 1. The van der Waals surface area contributed by atoms with Crippen LogP contribution in [0, 0.1) is 0 Å². The van der Waals surface area contributed by atoms with Gasteiger partial charge < -0.3 is 19.2 Å². The van der Waals surface area contributed by atoms with Crippen LogP contribution in [-0.4, -0.2) is 34.0 Å². The number of para-hydroxylation sites is 2. The molecule has 182 valence electrons. The first-order valence-corrected chi connectivity index (χ1v) is 12.4. The van der Waals surface area contributed by atoms with Crippen molar-refractivity contribution in [1.29, 1.82) is 0 Å². The summed E-state index contributed by atoms with van der Waals surface area (Å²) in [6.45, 7) is 2.06. The molecule has 2 aromatic heterocycles. The maximum atomic E-state index is 14.1. The first-order valence-electron chi connectivity index (χ1n) is 12.4. The van der Waals surface area contributed by atoms with Gasteiger partial charge in [0.25, 0.3) is 0 Å². The van der Waals surface area contributed by atoms with E-state index in [-0.39, 0.29) is 24.5 Å². The largest absolute Gasteiger partial charge is 0.467 e. The Kier molecular flexibility index (Phi) is 5.60. The number of amides is 3. The number of anilines is 2. The SMILES string of the molecule is CCc1cccc(NC(=O)N(CC(=O)N2c3ccccc3-n3cccc3C2c2ccco2)C2CC2)c1. The van der Waals surface area contributed by atoms with E-state index in [1.807, 2.05) is 79.0 Å². The van der Waals surface area contributed by atoms with E-state index in [2.05, 4.69) is 16.8 Å². The molecule has 3 heterocycles. The molecule has 0 spiro atoms. The molecule has 1 unspecified atom stereocenters. The fourth-order valence-electron chi connectivity index (χ4n) is 5.02. The van der Waals surface area contributed by atoms with Gasteiger partial charge in [-0.15, -0.1) is 0 Å². The van der Waals surface area contributed by atoms with Crippen molar-refractivity contribution in [2.24, 2.45) is 0 Å². The van der Waals surface area contributed by atoms with Crippen molar-refractivity contribution >= 4 is 23.3 Å². The molecule has 1 atom stereocenters. The van der Waals surface area contributed by atoms with Gasteiger partial charge in [0.1, 0.15) is 18.3 Å². The summed E-state index contributed by atoms with van der Waals surface area (Å²) in [4.78, 5) is 30.9. The molecular weight excluding hydrogens is 452 g/mol. The Morgan fingerprint density at radius 1 is 1.00 bits per heavy atom. The highest BCUT2D eigenvalue weighted by molar-refractivity contribution is 6.01. The lowest BCUT2D eigenvalue weighted by atomic mass is 10.0. The van der Waals surface area contributed by atoms with E-state index < -0.39 is 6.04 Å². The highest BCUT2D eigenvalue weighted by Crippen LogP contribution is 2.42. The third kappa shape index (κ3) is 3.96. The van der Waals surface area contributed by atoms with Crippen molar-refractivity contribution in [1.82, 2.24) is 9.47 Å². The predicted octanol–water partition coefficient (Wildman–Crippen LogP) is 5.77. The summed E-state index contributed by atoms with van der Waals surface area (Å²) < 4.78 is 7.90. The van der Waals surface area contributed by atoms with Gasteiger partial charge in [-0.05, 0) is 73.4 Å². The standard InChI is InChI=1S/C29H28N4O3/c1-2-20-8-5-9-21(18-20)30-29(35)32(22-14-15-22)19-27(34)33-24-11-4-3-10-23(24)31-16-6-12-25(31)28(33)26-13-7-17-36-26/h3-13,16-18,22,28H,2,14-15,19H2,1H3,(H,30,35). The van der Waals surface area contributed by atoms with Crippen LogP contribution in [0.3, 0.4) is 0 Å². The third-order valence-corrected chi connectivity index (χ3v) is 6.94. The van der Waals surface area contributed by atoms with Crippen molar-refractivity contribution in [3.8, 4) is 5.69 Å². The van der Waals surface area contributed by atoms with Crippen molar-refractivity contribution < 1.29 is 14.0 Å². The monoisotopic (exact) mass is 480 g/mol. The number of nitrogens with one attached hydrogen (secondary N) is 1. The number of aromatic nitrogens is 1. The number of rotatable bonds is 6. The molecule has 2 aliphatic rings. The first kappa shape index (κ1) is 22.2. The Labute approximate surface area is 209 Å². The molecular formula is C29H28N4O3. The summed E-state index contributed by atoms with van der Waals surface area (Å²) in [5.74, 6) is 0.525. The predicted molar refractivity (Wildman–Crippen MR) is 138 cm³/mol. The van der Waals surface area contributed by atoms with Gasteiger partial charge in [-0.3, -0.25) is 9.69 Å². The van der Waals surface area contributed by atoms with Crippen LogP contribution in [0.2, 0.25) is 0 Å². The number of benzene rings is 2. The minimum Gasteiger partial charge on any atom is -0.467 e. The molecule has 6 rings (SSSR count). The number of nitrogens with zero attached hydrogens (tertiary/aromatic N) is 3. The maximum absolute atomic E-state index is 14.1. The molecule has 1 fully saturated rings. The Hall–Kier alpha value is -4.26. The lowest BCUT2D eigenvalue weighted by Crippen LogP contribution is -2.48. The zero-order valence-corrected chi connectivity index (χ0v) is 20.1. The second kappa shape index (κ2) is 9.07. The van der Waals surface area contributed by atoms with E-state index in [1.165, 1.54) is 0 Å². The third-order valence-electron chi connectivity index (χ3n) is 6.94. The van der Waals surface area contributed by atoms with Crippen LogP contribution in [0.4, 0.5) is 16.2 Å². The summed E-state index contributed by atoms with van der Waals surface area (Å²) in [7, 11) is 0. The van der Waals surface area contributed by atoms with E-state index in [4.69, 9.17) is 4.42 Å². The van der Waals surface area contributed by atoms with Crippen LogP contribution < -0.4 is 10.2 Å². The summed E-state index contributed by atoms with van der Waals surface area (Å²) in [6, 6.07) is 22.8. The van der Waals surface area contributed by atoms with E-state index in [0.29, 0.717) is 5.76 Å². The molecule has 1 aliphatic heterocycles. The number of furan rings is 1. The lowest BCUT2D eigenvalue weighted by Gasteiger charge is -2.38. The Morgan fingerprint density at radius 3 is 2.58 bits per heavy atom. The normalized spacial score (nSPS) is 16.2. The molecule has 1 saturated carbocycles. The Morgan fingerprint density at radius 2 is 1.83 bits per heavy atom. The average molecular weight is 481 g/mol. The quantitative estimate of drug-likeness (QED) is 0.381. The number of hydrogen-bond donors (Lipinski definition) is 1. The fraction of sp³-hybridized carbons (Fsp3) is 0.241. The van der Waals surface area contributed by atoms with Crippen LogP contribution in [0.25, 0.3) is 5.69 Å². The summed E-state index contributed by atoms with van der Waals surface area (Å²) >= 11 is 0. The fourth-order valence-corrected chi connectivity index (χ4v) is 5.02. The van der Waals surface area contributed by atoms with Crippen LogP contribution in [0.1, 0.15) is 42.8 Å². The topological polar surface area (TPSA) is 70.7 Å². The molecule has 0 saturated heterocycles. The minimum atomic E-state index is -0.428. The summed E-state index contributed by atoms with van der Waals surface area (Å²) in [6.07, 6.45) is 6.31. The van der Waals surface area contributed by atoms with Gasteiger partial charge in [-0.25, -0.2) is 4.79 Å². The van der Waals surface area contributed by atoms with Gasteiger partial charge in [-0.1, -0.05) is 31.2 Å². The van der Waals surface area contributed by atoms with Gasteiger partial charge in [-0.2, -0.15) is 0 Å². The Bertz CT molecular complexity index is 1400. The Balaban J connectivity index is 1.32.